The van der Waals surface area contributed by atoms with Crippen molar-refractivity contribution in [2.45, 2.75) is 37.8 Å². The Balaban J connectivity index is 1.46. The number of hydrogen-bond acceptors (Lipinski definition) is 5. The van der Waals surface area contributed by atoms with Crippen LogP contribution in [-0.4, -0.2) is 22.7 Å². The zero-order chi connectivity index (χ0) is 15.5. The van der Waals surface area contributed by atoms with Crippen LogP contribution in [0.1, 0.15) is 54.1 Å². The fourth-order valence-electron chi connectivity index (χ4n) is 2.11. The van der Waals surface area contributed by atoms with Gasteiger partial charge in [0.1, 0.15) is 0 Å². The molecule has 1 aliphatic carbocycles. The summed E-state index contributed by atoms with van der Waals surface area (Å²) in [6.07, 6.45) is 1.79. The number of hydrogen-bond donors (Lipinski definition) is 3. The van der Waals surface area contributed by atoms with E-state index in [2.05, 4.69) is 15.6 Å². The highest BCUT2D eigenvalue weighted by Crippen LogP contribution is 2.41. The third-order valence-corrected chi connectivity index (χ3v) is 5.37. The van der Waals surface area contributed by atoms with Gasteiger partial charge in [-0.15, -0.1) is 11.3 Å². The monoisotopic (exact) mass is 337 g/mol. The van der Waals surface area contributed by atoms with Gasteiger partial charge in [0.2, 0.25) is 0 Å². The van der Waals surface area contributed by atoms with Gasteiger partial charge in [0.25, 0.3) is 0 Å². The second-order valence-electron chi connectivity index (χ2n) is 5.53. The zero-order valence-corrected chi connectivity index (χ0v) is 13.9. The second-order valence-corrected chi connectivity index (χ2v) is 7.20. The average Bonchev–Trinajstić information content (AvgIpc) is 3.03. The molecule has 3 N–H and O–H groups in total. The predicted octanol–water partition coefficient (Wildman–Crippen LogP) is 3.18. The van der Waals surface area contributed by atoms with E-state index in [-0.39, 0.29) is 18.6 Å². The molecule has 3 rings (SSSR count). The van der Waals surface area contributed by atoms with Crippen molar-refractivity contribution in [3.63, 3.8) is 0 Å². The van der Waals surface area contributed by atoms with Gasteiger partial charge in [-0.3, -0.25) is 0 Å². The van der Waals surface area contributed by atoms with E-state index in [0.29, 0.717) is 5.92 Å². The van der Waals surface area contributed by atoms with Gasteiger partial charge in [0.15, 0.2) is 0 Å². The Morgan fingerprint density at radius 2 is 2.32 bits per heavy atom. The minimum absolute atomic E-state index is 0.137. The van der Waals surface area contributed by atoms with Gasteiger partial charge in [0, 0.05) is 17.8 Å². The van der Waals surface area contributed by atoms with Crippen molar-refractivity contribution in [2.75, 3.05) is 6.54 Å². The Kier molecular flexibility index (Phi) is 4.75. The third-order valence-electron chi connectivity index (χ3n) is 3.64. The summed E-state index contributed by atoms with van der Waals surface area (Å²) in [5, 5.41) is 22.5. The first-order valence-electron chi connectivity index (χ1n) is 7.33. The largest absolute Gasteiger partial charge is 0.387 e. The first-order chi connectivity index (χ1) is 10.6. The highest BCUT2D eigenvalue weighted by atomic mass is 32.1. The van der Waals surface area contributed by atoms with Crippen molar-refractivity contribution in [1.29, 1.82) is 0 Å². The lowest BCUT2D eigenvalue weighted by Gasteiger charge is -2.14. The molecule has 0 unspecified atom stereocenters. The molecule has 2 amide bonds. The van der Waals surface area contributed by atoms with Crippen LogP contribution in [0.15, 0.2) is 22.2 Å². The van der Waals surface area contributed by atoms with E-state index >= 15 is 0 Å². The maximum absolute atomic E-state index is 11.9. The molecule has 1 aliphatic rings. The molecule has 2 aromatic rings. The highest BCUT2D eigenvalue weighted by Gasteiger charge is 2.27. The number of nitrogens with one attached hydrogen (secondary N) is 2. The Morgan fingerprint density at radius 1 is 1.50 bits per heavy atom. The molecule has 2 heterocycles. The maximum Gasteiger partial charge on any atom is 0.315 e. The molecule has 5 nitrogen and oxygen atoms in total. The van der Waals surface area contributed by atoms with Crippen molar-refractivity contribution in [3.8, 4) is 0 Å². The molecule has 0 radical (unpaired) electrons. The quantitative estimate of drug-likeness (QED) is 0.758. The molecule has 1 fully saturated rings. The minimum Gasteiger partial charge on any atom is -0.387 e. The summed E-state index contributed by atoms with van der Waals surface area (Å²) in [6.45, 7) is 2.11. The Labute approximate surface area is 137 Å². The van der Waals surface area contributed by atoms with Crippen LogP contribution in [0, 0.1) is 0 Å². The Morgan fingerprint density at radius 3 is 3.00 bits per heavy atom. The molecule has 2 atom stereocenters. The number of thiophene rings is 1. The van der Waals surface area contributed by atoms with Gasteiger partial charge >= 0.3 is 6.03 Å². The summed E-state index contributed by atoms with van der Waals surface area (Å²) >= 11 is 3.19. The highest BCUT2D eigenvalue weighted by molar-refractivity contribution is 7.09. The van der Waals surface area contributed by atoms with Gasteiger partial charge in [-0.25, -0.2) is 9.78 Å². The summed E-state index contributed by atoms with van der Waals surface area (Å²) in [7, 11) is 0. The van der Waals surface area contributed by atoms with E-state index < -0.39 is 6.10 Å². The van der Waals surface area contributed by atoms with Crippen LogP contribution in [0.3, 0.4) is 0 Å². The van der Waals surface area contributed by atoms with Crippen LogP contribution >= 0.6 is 22.7 Å². The SMILES string of the molecule is C[C@H](NC(=O)NC[C@H](O)c1ccsc1)c1csc(C2CC2)n1. The Hall–Kier alpha value is -1.44. The zero-order valence-electron chi connectivity index (χ0n) is 12.3. The molecular formula is C15H19N3O2S2. The predicted molar refractivity (Wildman–Crippen MR) is 88.3 cm³/mol. The lowest BCUT2D eigenvalue weighted by Crippen LogP contribution is -2.39. The van der Waals surface area contributed by atoms with Crippen LogP contribution in [-0.2, 0) is 0 Å². The van der Waals surface area contributed by atoms with E-state index in [0.717, 1.165) is 11.3 Å². The molecule has 118 valence electrons. The molecule has 1 saturated carbocycles. The summed E-state index contributed by atoms with van der Waals surface area (Å²) in [5.41, 5.74) is 1.73. The van der Waals surface area contributed by atoms with Gasteiger partial charge in [-0.05, 0) is 42.2 Å². The number of rotatable bonds is 6. The Bertz CT molecular complexity index is 623. The number of aliphatic hydroxyl groups is 1. The van der Waals surface area contributed by atoms with E-state index in [4.69, 9.17) is 0 Å². The molecule has 2 aromatic heterocycles. The van der Waals surface area contributed by atoms with Crippen molar-refractivity contribution in [1.82, 2.24) is 15.6 Å². The van der Waals surface area contributed by atoms with Crippen molar-refractivity contribution < 1.29 is 9.90 Å². The van der Waals surface area contributed by atoms with Crippen molar-refractivity contribution in [3.05, 3.63) is 38.5 Å². The van der Waals surface area contributed by atoms with Crippen LogP contribution in [0.25, 0.3) is 0 Å². The van der Waals surface area contributed by atoms with Gasteiger partial charge in [-0.2, -0.15) is 11.3 Å². The molecule has 0 aliphatic heterocycles. The van der Waals surface area contributed by atoms with E-state index in [9.17, 15) is 9.90 Å². The first-order valence-corrected chi connectivity index (χ1v) is 9.15. The van der Waals surface area contributed by atoms with Crippen LogP contribution in [0.4, 0.5) is 4.79 Å². The number of carbonyl (C=O) groups is 1. The number of aliphatic hydroxyl groups excluding tert-OH is 1. The fraction of sp³-hybridized carbons (Fsp3) is 0.467. The van der Waals surface area contributed by atoms with Crippen LogP contribution in [0.5, 0.6) is 0 Å². The smallest absolute Gasteiger partial charge is 0.315 e. The molecule has 0 bridgehead atoms. The lowest BCUT2D eigenvalue weighted by atomic mass is 10.2. The first kappa shape index (κ1) is 15.5. The summed E-state index contributed by atoms with van der Waals surface area (Å²) in [6, 6.07) is 1.43. The molecule has 0 spiro atoms. The average molecular weight is 337 g/mol. The standard InChI is InChI=1S/C15H19N3O2S2/c1-9(12-8-22-14(18-12)10-2-3-10)17-15(20)16-6-13(19)11-4-5-21-7-11/h4-5,7-10,13,19H,2-3,6H2,1H3,(H2,16,17,20)/t9-,13-/m0/s1. The second kappa shape index (κ2) is 6.76. The van der Waals surface area contributed by atoms with E-state index in [1.54, 1.807) is 11.3 Å². The maximum atomic E-state index is 11.9. The summed E-state index contributed by atoms with van der Waals surface area (Å²) < 4.78 is 0. The molecular weight excluding hydrogens is 318 g/mol. The third kappa shape index (κ3) is 3.85. The fourth-order valence-corrected chi connectivity index (χ4v) is 3.90. The number of amides is 2. The number of nitrogens with zero attached hydrogens (tertiary/aromatic N) is 1. The van der Waals surface area contributed by atoms with Crippen molar-refractivity contribution in [2.24, 2.45) is 0 Å². The number of urea groups is 1. The number of carbonyl (C=O) groups excluding carboxylic acids is 1. The minimum atomic E-state index is -0.673. The lowest BCUT2D eigenvalue weighted by molar-refractivity contribution is 0.173. The molecule has 0 aromatic carbocycles. The molecule has 22 heavy (non-hydrogen) atoms. The summed E-state index contributed by atoms with van der Waals surface area (Å²) in [5.74, 6) is 0.639. The van der Waals surface area contributed by atoms with E-state index in [1.165, 1.54) is 29.2 Å². The normalized spacial score (nSPS) is 17.0. The number of thiazole rings is 1. The van der Waals surface area contributed by atoms with Crippen LogP contribution in [0.2, 0.25) is 0 Å². The van der Waals surface area contributed by atoms with Gasteiger partial charge < -0.3 is 15.7 Å². The van der Waals surface area contributed by atoms with Gasteiger partial charge in [0.05, 0.1) is 22.8 Å². The van der Waals surface area contributed by atoms with Crippen LogP contribution < -0.4 is 10.6 Å². The van der Waals surface area contributed by atoms with E-state index in [1.807, 2.05) is 29.1 Å². The topological polar surface area (TPSA) is 74.2 Å². The molecule has 7 heteroatoms. The van der Waals surface area contributed by atoms with Crippen molar-refractivity contribution >= 4 is 28.7 Å². The molecule has 0 saturated heterocycles. The van der Waals surface area contributed by atoms with Gasteiger partial charge in [-0.1, -0.05) is 0 Å². The summed E-state index contributed by atoms with van der Waals surface area (Å²) in [4.78, 5) is 16.5. The number of aromatic nitrogens is 1.